The summed E-state index contributed by atoms with van der Waals surface area (Å²) in [6.45, 7) is 7.76. The number of rotatable bonds is 10. The minimum Gasteiger partial charge on any atom is -0.398 e. The van der Waals surface area contributed by atoms with Crippen LogP contribution in [0.1, 0.15) is 106 Å². The van der Waals surface area contributed by atoms with E-state index in [-0.39, 0.29) is 41.1 Å². The van der Waals surface area contributed by atoms with Crippen molar-refractivity contribution in [3.05, 3.63) is 89.5 Å². The van der Waals surface area contributed by atoms with Crippen LogP contribution >= 0.6 is 0 Å². The molecule has 0 saturated heterocycles. The number of nitrogens with one attached hydrogen (secondary N) is 1. The molecule has 0 radical (unpaired) electrons. The summed E-state index contributed by atoms with van der Waals surface area (Å²) in [5.41, 5.74) is 11.9. The van der Waals surface area contributed by atoms with Gasteiger partial charge >= 0.3 is 0 Å². The van der Waals surface area contributed by atoms with Gasteiger partial charge in [0, 0.05) is 30.6 Å². The zero-order valence-electron chi connectivity index (χ0n) is 30.8. The molecule has 0 bridgehead atoms. The molecule has 0 aromatic heterocycles. The van der Waals surface area contributed by atoms with E-state index in [1.807, 2.05) is 72.8 Å². The predicted octanol–water partition coefficient (Wildman–Crippen LogP) is 8.38. The van der Waals surface area contributed by atoms with Gasteiger partial charge in [-0.15, -0.1) is 0 Å². The number of aliphatic hydroxyl groups is 2. The lowest BCUT2D eigenvalue weighted by atomic mass is 9.43. The Labute approximate surface area is 304 Å². The minimum atomic E-state index is -0.259. The number of fused-ring (bicyclic) bond motifs is 5. The van der Waals surface area contributed by atoms with Crippen LogP contribution in [0.2, 0.25) is 0 Å². The molecule has 7 rings (SSSR count). The van der Waals surface area contributed by atoms with Gasteiger partial charge in [-0.1, -0.05) is 81.4 Å². The average Bonchev–Trinajstić information content (AvgIpc) is 3.49. The molecule has 0 spiro atoms. The zero-order valence-corrected chi connectivity index (χ0v) is 30.8. The summed E-state index contributed by atoms with van der Waals surface area (Å²) >= 11 is 0. The summed E-state index contributed by atoms with van der Waals surface area (Å²) < 4.78 is 0. The molecule has 4 aliphatic rings. The van der Waals surface area contributed by atoms with Crippen LogP contribution < -0.4 is 11.1 Å². The molecule has 0 aliphatic heterocycles. The lowest BCUT2D eigenvalue weighted by Crippen LogP contribution is -2.58. The largest absolute Gasteiger partial charge is 0.398 e. The smallest absolute Gasteiger partial charge is 0.220 e. The maximum atomic E-state index is 13.2. The van der Waals surface area contributed by atoms with Crippen LogP contribution in [0.5, 0.6) is 0 Å². The quantitative estimate of drug-likeness (QED) is 0.126. The monoisotopic (exact) mass is 690 g/mol. The predicted molar refractivity (Wildman–Crippen MR) is 204 cm³/mol. The number of ketones is 1. The SMILES string of the molecule is C[C@H](CCC(=O)NCc1ccc(C(=O)Cc2cc(-c3ccccc3)ccc2N)cc1)[C@H]1CC[C@H]2[C@@H]3[C@@H](O)C[C@@H]4C[C@H](O)CC[C@]4(C)[C@H]3CC[C@]12C. The number of carbonyl (C=O) groups is 2. The standard InChI is InChI=1S/C45H58N2O4/c1-28(36-15-16-37-43-38(20-22-45(36,37)3)44(2)21-19-35(48)25-34(44)26-41(43)50)9-18-42(51)47-27-29-10-12-31(13-11-29)40(49)24-33-23-32(14-17-39(33)46)30-7-5-4-6-8-30/h4-8,10-14,17,23,28,34-38,41,43,48,50H,9,15-16,18-22,24-27,46H2,1-3H3,(H,47,51)/t28-,34+,35-,36-,37+,38+,41+,43+,44+,45-/m1/s1. The zero-order chi connectivity index (χ0) is 35.9. The summed E-state index contributed by atoms with van der Waals surface area (Å²) in [6.07, 6.45) is 9.61. The molecule has 4 fully saturated rings. The molecule has 3 aromatic rings. The topological polar surface area (TPSA) is 113 Å². The Bertz CT molecular complexity index is 1710. The maximum absolute atomic E-state index is 13.2. The number of amides is 1. The Kier molecular flexibility index (Phi) is 10.2. The van der Waals surface area contributed by atoms with E-state index in [9.17, 15) is 19.8 Å². The minimum absolute atomic E-state index is 0.0121. The second-order valence-corrected chi connectivity index (χ2v) is 17.3. The highest BCUT2D eigenvalue weighted by molar-refractivity contribution is 5.98. The fraction of sp³-hybridized carbons (Fsp3) is 0.556. The van der Waals surface area contributed by atoms with Gasteiger partial charge in [0.05, 0.1) is 12.2 Å². The number of Topliss-reactive ketones (excluding diaryl/α,β-unsaturated/α-hetero) is 1. The van der Waals surface area contributed by atoms with E-state index < -0.39 is 0 Å². The second kappa shape index (κ2) is 14.5. The lowest BCUT2D eigenvalue weighted by Gasteiger charge is -2.62. The first kappa shape index (κ1) is 35.9. The molecule has 10 atom stereocenters. The van der Waals surface area contributed by atoms with Crippen molar-refractivity contribution in [2.45, 2.75) is 110 Å². The first-order valence-corrected chi connectivity index (χ1v) is 19.6. The normalized spacial score (nSPS) is 33.4. The molecule has 51 heavy (non-hydrogen) atoms. The Balaban J connectivity index is 0.895. The molecule has 0 unspecified atom stereocenters. The second-order valence-electron chi connectivity index (χ2n) is 17.3. The van der Waals surface area contributed by atoms with Gasteiger partial charge in [0.2, 0.25) is 5.91 Å². The van der Waals surface area contributed by atoms with Crippen LogP contribution in [0.4, 0.5) is 5.69 Å². The van der Waals surface area contributed by atoms with Gasteiger partial charge in [-0.3, -0.25) is 9.59 Å². The highest BCUT2D eigenvalue weighted by Crippen LogP contribution is 2.68. The molecular formula is C45H58N2O4. The van der Waals surface area contributed by atoms with E-state index in [0.717, 1.165) is 54.4 Å². The van der Waals surface area contributed by atoms with Gasteiger partial charge in [-0.05, 0) is 139 Å². The van der Waals surface area contributed by atoms with E-state index >= 15 is 0 Å². The number of nitrogens with two attached hydrogens (primary N) is 1. The van der Waals surface area contributed by atoms with Gasteiger partial charge in [0.15, 0.2) is 5.78 Å². The molecule has 1 amide bonds. The van der Waals surface area contributed by atoms with E-state index in [1.165, 1.54) is 25.7 Å². The Morgan fingerprint density at radius 2 is 1.59 bits per heavy atom. The number of anilines is 1. The lowest BCUT2D eigenvalue weighted by molar-refractivity contribution is -0.174. The first-order chi connectivity index (χ1) is 24.5. The van der Waals surface area contributed by atoms with Crippen molar-refractivity contribution in [1.82, 2.24) is 5.32 Å². The summed E-state index contributed by atoms with van der Waals surface area (Å²) in [5.74, 6) is 3.01. The molecule has 4 saturated carbocycles. The third-order valence-electron chi connectivity index (χ3n) is 14.6. The van der Waals surface area contributed by atoms with Gasteiger partial charge < -0.3 is 21.3 Å². The highest BCUT2D eigenvalue weighted by atomic mass is 16.3. The molecule has 3 aromatic carbocycles. The molecule has 5 N–H and O–H groups in total. The van der Waals surface area contributed by atoms with E-state index in [0.29, 0.717) is 59.7 Å². The van der Waals surface area contributed by atoms with Crippen LogP contribution in [0, 0.1) is 46.3 Å². The fourth-order valence-corrected chi connectivity index (χ4v) is 11.7. The third-order valence-corrected chi connectivity index (χ3v) is 14.6. The van der Waals surface area contributed by atoms with Gasteiger partial charge in [-0.2, -0.15) is 0 Å². The molecule has 4 aliphatic carbocycles. The van der Waals surface area contributed by atoms with Gasteiger partial charge in [0.25, 0.3) is 0 Å². The van der Waals surface area contributed by atoms with Crippen LogP contribution in [-0.2, 0) is 17.8 Å². The molecule has 272 valence electrons. The molecule has 0 heterocycles. The number of hydrogen-bond donors (Lipinski definition) is 4. The molecule has 6 heteroatoms. The van der Waals surface area contributed by atoms with E-state index in [2.05, 4.69) is 26.1 Å². The Hall–Kier alpha value is -3.48. The molecular weight excluding hydrogens is 633 g/mol. The number of hydrogen-bond acceptors (Lipinski definition) is 5. The van der Waals surface area contributed by atoms with Crippen LogP contribution in [0.15, 0.2) is 72.8 Å². The summed E-state index contributed by atoms with van der Waals surface area (Å²) in [7, 11) is 0. The van der Waals surface area contributed by atoms with Crippen molar-refractivity contribution in [1.29, 1.82) is 0 Å². The van der Waals surface area contributed by atoms with Crippen LogP contribution in [0.3, 0.4) is 0 Å². The van der Waals surface area contributed by atoms with Gasteiger partial charge in [0.1, 0.15) is 0 Å². The highest BCUT2D eigenvalue weighted by Gasteiger charge is 2.62. The Morgan fingerprint density at radius 1 is 0.863 bits per heavy atom. The maximum Gasteiger partial charge on any atom is 0.220 e. The van der Waals surface area contributed by atoms with Gasteiger partial charge in [-0.25, -0.2) is 0 Å². The molecule has 6 nitrogen and oxygen atoms in total. The van der Waals surface area contributed by atoms with E-state index in [4.69, 9.17) is 5.73 Å². The van der Waals surface area contributed by atoms with Crippen molar-refractivity contribution in [2.24, 2.45) is 46.3 Å². The number of aliphatic hydroxyl groups excluding tert-OH is 2. The summed E-state index contributed by atoms with van der Waals surface area (Å²) in [4.78, 5) is 26.2. The van der Waals surface area contributed by atoms with Crippen LogP contribution in [-0.4, -0.2) is 34.1 Å². The summed E-state index contributed by atoms with van der Waals surface area (Å²) in [5, 5.41) is 25.1. The number of nitrogen functional groups attached to an aromatic ring is 1. The third kappa shape index (κ3) is 7.03. The number of carbonyl (C=O) groups excluding carboxylic acids is 2. The van der Waals surface area contributed by atoms with Crippen molar-refractivity contribution in [3.63, 3.8) is 0 Å². The van der Waals surface area contributed by atoms with Crippen LogP contribution in [0.25, 0.3) is 11.1 Å². The van der Waals surface area contributed by atoms with Crippen molar-refractivity contribution in [3.8, 4) is 11.1 Å². The van der Waals surface area contributed by atoms with Crippen molar-refractivity contribution in [2.75, 3.05) is 5.73 Å². The first-order valence-electron chi connectivity index (χ1n) is 19.6. The van der Waals surface area contributed by atoms with E-state index in [1.54, 1.807) is 0 Å². The Morgan fingerprint density at radius 3 is 2.35 bits per heavy atom. The van der Waals surface area contributed by atoms with Crippen molar-refractivity contribution >= 4 is 17.4 Å². The fourth-order valence-electron chi connectivity index (χ4n) is 11.7. The number of benzene rings is 3. The van der Waals surface area contributed by atoms with Crippen molar-refractivity contribution < 1.29 is 19.8 Å². The summed E-state index contributed by atoms with van der Waals surface area (Å²) in [6, 6.07) is 23.5. The average molecular weight is 691 g/mol.